The maximum absolute atomic E-state index is 14.3. The lowest BCUT2D eigenvalue weighted by Crippen LogP contribution is -2.21. The molecular formula is C29H36F3N3O. The summed E-state index contributed by atoms with van der Waals surface area (Å²) in [6.45, 7) is 7.75. The largest absolute Gasteiger partial charge is 0.474 e. The minimum Gasteiger partial charge on any atom is -0.474 e. The fourth-order valence-corrected chi connectivity index (χ4v) is 5.13. The monoisotopic (exact) mass is 499 g/mol. The van der Waals surface area contributed by atoms with Gasteiger partial charge in [0.15, 0.2) is 0 Å². The number of ether oxygens (including phenoxy) is 1. The summed E-state index contributed by atoms with van der Waals surface area (Å²) in [4.78, 5) is 12.1. The van der Waals surface area contributed by atoms with Crippen LogP contribution in [0.15, 0.2) is 47.7 Å². The molecule has 1 fully saturated rings. The van der Waals surface area contributed by atoms with E-state index in [2.05, 4.69) is 9.97 Å². The number of nitrogens with one attached hydrogen (secondary N) is 1. The summed E-state index contributed by atoms with van der Waals surface area (Å²) in [5.41, 5.74) is 2.82. The van der Waals surface area contributed by atoms with Crippen LogP contribution in [-0.2, 0) is 10.9 Å². The summed E-state index contributed by atoms with van der Waals surface area (Å²) >= 11 is 0. The lowest BCUT2D eigenvalue weighted by atomic mass is 9.76. The van der Waals surface area contributed by atoms with Crippen LogP contribution in [0.1, 0.15) is 100 Å². The Kier molecular flexibility index (Phi) is 8.06. The first-order valence-corrected chi connectivity index (χ1v) is 13.1. The van der Waals surface area contributed by atoms with Crippen LogP contribution in [0.3, 0.4) is 0 Å². The van der Waals surface area contributed by atoms with E-state index in [-0.39, 0.29) is 29.9 Å². The van der Waals surface area contributed by atoms with Gasteiger partial charge in [-0.15, -0.1) is 0 Å². The fourth-order valence-electron chi connectivity index (χ4n) is 5.13. The Morgan fingerprint density at radius 3 is 2.53 bits per heavy atom. The highest BCUT2D eigenvalue weighted by Crippen LogP contribution is 2.42. The first-order chi connectivity index (χ1) is 17.2. The first kappa shape index (κ1) is 26.2. The van der Waals surface area contributed by atoms with Gasteiger partial charge in [0.2, 0.25) is 5.90 Å². The van der Waals surface area contributed by atoms with Gasteiger partial charge >= 0.3 is 6.18 Å². The van der Waals surface area contributed by atoms with Crippen molar-refractivity contribution in [3.63, 3.8) is 0 Å². The van der Waals surface area contributed by atoms with E-state index in [4.69, 9.17) is 9.73 Å². The zero-order valence-electron chi connectivity index (χ0n) is 21.5. The Balaban J connectivity index is 1.72. The third-order valence-electron chi connectivity index (χ3n) is 7.58. The number of hydrogen-bond acceptors (Lipinski definition) is 3. The molecular weight excluding hydrogens is 463 g/mol. The van der Waals surface area contributed by atoms with Crippen molar-refractivity contribution in [2.45, 2.75) is 90.5 Å². The number of halogens is 3. The number of nitrogens with zero attached hydrogens (tertiary/aromatic N) is 2. The van der Waals surface area contributed by atoms with Gasteiger partial charge < -0.3 is 9.72 Å². The van der Waals surface area contributed by atoms with E-state index in [9.17, 15) is 13.2 Å². The second-order valence-electron chi connectivity index (χ2n) is 10.1. The molecule has 4 nitrogen and oxygen atoms in total. The fraction of sp³-hybridized carbons (Fsp3) is 0.517. The molecule has 3 atom stereocenters. The average molecular weight is 500 g/mol. The summed E-state index contributed by atoms with van der Waals surface area (Å²) in [5.74, 6) is 0.378. The highest BCUT2D eigenvalue weighted by atomic mass is 19.4. The van der Waals surface area contributed by atoms with Gasteiger partial charge in [-0.25, -0.2) is 9.98 Å². The van der Waals surface area contributed by atoms with Crippen molar-refractivity contribution in [3.8, 4) is 0 Å². The van der Waals surface area contributed by atoms with E-state index >= 15 is 0 Å². The number of fused-ring (bicyclic) bond motifs is 1. The first-order valence-electron chi connectivity index (χ1n) is 13.1. The molecule has 0 radical (unpaired) electrons. The normalized spacial score (nSPS) is 18.2. The van der Waals surface area contributed by atoms with Gasteiger partial charge in [0.05, 0.1) is 35.1 Å². The third kappa shape index (κ3) is 5.93. The van der Waals surface area contributed by atoms with Crippen LogP contribution < -0.4 is 0 Å². The molecule has 1 aliphatic carbocycles. The van der Waals surface area contributed by atoms with Crippen molar-refractivity contribution in [2.75, 3.05) is 0 Å². The molecule has 0 amide bonds. The minimum absolute atomic E-state index is 0.146. The van der Waals surface area contributed by atoms with E-state index < -0.39 is 11.7 Å². The predicted octanol–water partition coefficient (Wildman–Crippen LogP) is 8.59. The maximum atomic E-state index is 14.3. The van der Waals surface area contributed by atoms with Crippen molar-refractivity contribution in [3.05, 3.63) is 65.0 Å². The molecule has 4 rings (SSSR count). The van der Waals surface area contributed by atoms with Crippen molar-refractivity contribution in [1.82, 2.24) is 9.97 Å². The van der Waals surface area contributed by atoms with Gasteiger partial charge in [0, 0.05) is 5.56 Å². The van der Waals surface area contributed by atoms with Gasteiger partial charge in [0.1, 0.15) is 0 Å². The average Bonchev–Trinajstić information content (AvgIpc) is 3.35. The van der Waals surface area contributed by atoms with Gasteiger partial charge in [-0.1, -0.05) is 45.2 Å². The Bertz CT molecular complexity index is 1190. The smallest absolute Gasteiger partial charge is 0.416 e. The molecule has 1 aliphatic rings. The highest BCUT2D eigenvalue weighted by Gasteiger charge is 2.37. The Labute approximate surface area is 211 Å². The van der Waals surface area contributed by atoms with Crippen LogP contribution in [-0.4, -0.2) is 22.0 Å². The SMILES string of the molecule is CCC(C)OC(=NC(C)c1ccc2nc[nH]c2c1)c1ccc(C(C)C2CCCCC2)c(C(F)(F)F)c1. The Morgan fingerprint density at radius 1 is 1.08 bits per heavy atom. The molecule has 7 heteroatoms. The number of benzene rings is 2. The number of H-pyrrole nitrogens is 1. The molecule has 36 heavy (non-hydrogen) atoms. The molecule has 1 N–H and O–H groups in total. The number of imidazole rings is 1. The van der Waals surface area contributed by atoms with E-state index in [1.807, 2.05) is 45.9 Å². The molecule has 3 aromatic rings. The van der Waals surface area contributed by atoms with Gasteiger partial charge in [-0.2, -0.15) is 13.2 Å². The molecule has 3 unspecified atom stereocenters. The van der Waals surface area contributed by atoms with Crippen LogP contribution >= 0.6 is 0 Å². The van der Waals surface area contributed by atoms with E-state index in [1.54, 1.807) is 18.5 Å². The van der Waals surface area contributed by atoms with Crippen LogP contribution in [0, 0.1) is 5.92 Å². The van der Waals surface area contributed by atoms with Crippen LogP contribution in [0.5, 0.6) is 0 Å². The third-order valence-corrected chi connectivity index (χ3v) is 7.58. The molecule has 0 bridgehead atoms. The molecule has 0 aliphatic heterocycles. The quantitative estimate of drug-likeness (QED) is 0.261. The predicted molar refractivity (Wildman–Crippen MR) is 138 cm³/mol. The lowest BCUT2D eigenvalue weighted by molar-refractivity contribution is -0.138. The van der Waals surface area contributed by atoms with Gasteiger partial charge in [-0.3, -0.25) is 0 Å². The lowest BCUT2D eigenvalue weighted by Gasteiger charge is -2.30. The van der Waals surface area contributed by atoms with Gasteiger partial charge in [0.25, 0.3) is 0 Å². The molecule has 194 valence electrons. The zero-order valence-corrected chi connectivity index (χ0v) is 21.5. The highest BCUT2D eigenvalue weighted by molar-refractivity contribution is 5.95. The molecule has 2 aromatic carbocycles. The number of rotatable bonds is 7. The zero-order chi connectivity index (χ0) is 25.9. The van der Waals surface area contributed by atoms with E-state index in [1.165, 1.54) is 12.5 Å². The molecule has 1 aromatic heterocycles. The van der Waals surface area contributed by atoms with E-state index in [0.29, 0.717) is 11.1 Å². The number of aromatic amines is 1. The minimum atomic E-state index is -4.45. The van der Waals surface area contributed by atoms with Crippen LogP contribution in [0.4, 0.5) is 13.2 Å². The number of aliphatic imine (C=N–C) groups is 1. The topological polar surface area (TPSA) is 50.3 Å². The summed E-state index contributed by atoms with van der Waals surface area (Å²) in [5, 5.41) is 0. The summed E-state index contributed by atoms with van der Waals surface area (Å²) in [6.07, 6.45) is 3.06. The number of hydrogen-bond donors (Lipinski definition) is 1. The van der Waals surface area contributed by atoms with Crippen LogP contribution in [0.2, 0.25) is 0 Å². The number of alkyl halides is 3. The van der Waals surface area contributed by atoms with Crippen molar-refractivity contribution in [1.29, 1.82) is 0 Å². The molecule has 0 spiro atoms. The van der Waals surface area contributed by atoms with Crippen molar-refractivity contribution >= 4 is 16.9 Å². The summed E-state index contributed by atoms with van der Waals surface area (Å²) in [7, 11) is 0. The Morgan fingerprint density at radius 2 is 1.83 bits per heavy atom. The van der Waals surface area contributed by atoms with Crippen molar-refractivity contribution < 1.29 is 17.9 Å². The van der Waals surface area contributed by atoms with E-state index in [0.717, 1.165) is 48.7 Å². The summed E-state index contributed by atoms with van der Waals surface area (Å²) < 4.78 is 49.0. The number of aromatic nitrogens is 2. The standard InChI is InChI=1S/C29H36F3N3O/c1-5-18(2)36-28(35-20(4)22-12-14-26-27(16-22)34-17-33-26)23-11-13-24(25(15-23)29(30,31)32)19(3)21-9-7-6-8-10-21/h11-21H,5-10H2,1-4H3,(H,33,34). The maximum Gasteiger partial charge on any atom is 0.416 e. The van der Waals surface area contributed by atoms with Gasteiger partial charge in [-0.05, 0) is 80.3 Å². The second kappa shape index (κ2) is 11.1. The molecule has 1 saturated carbocycles. The molecule has 0 saturated heterocycles. The Hall–Kier alpha value is -2.83. The second-order valence-corrected chi connectivity index (χ2v) is 10.1. The van der Waals surface area contributed by atoms with Crippen molar-refractivity contribution in [2.24, 2.45) is 10.9 Å². The summed E-state index contributed by atoms with van der Waals surface area (Å²) in [6, 6.07) is 10.1. The van der Waals surface area contributed by atoms with Crippen LogP contribution in [0.25, 0.3) is 11.0 Å². The molecule has 1 heterocycles.